The van der Waals surface area contributed by atoms with E-state index in [1.807, 2.05) is 13.0 Å². The van der Waals surface area contributed by atoms with Crippen LogP contribution < -0.4 is 11.7 Å². The molecule has 2 rings (SSSR count). The SMILES string of the molecule is Cc1ccc(C2CCCCC2)c(O)c1.NN. The minimum Gasteiger partial charge on any atom is -0.508 e. The average Bonchev–Trinajstić information content (AvgIpc) is 2.33. The molecule has 3 nitrogen and oxygen atoms in total. The molecule has 0 aromatic heterocycles. The summed E-state index contributed by atoms with van der Waals surface area (Å²) in [6, 6.07) is 6.08. The van der Waals surface area contributed by atoms with Crippen molar-refractivity contribution >= 4 is 0 Å². The monoisotopic (exact) mass is 222 g/mol. The van der Waals surface area contributed by atoms with Crippen LogP contribution in [0.2, 0.25) is 0 Å². The van der Waals surface area contributed by atoms with E-state index in [2.05, 4.69) is 23.8 Å². The molecule has 0 unspecified atom stereocenters. The first-order valence-corrected chi connectivity index (χ1v) is 5.90. The molecule has 1 aromatic rings. The number of phenols is 1. The number of benzene rings is 1. The van der Waals surface area contributed by atoms with Gasteiger partial charge < -0.3 is 5.11 Å². The third kappa shape index (κ3) is 3.22. The number of phenolic OH excluding ortho intramolecular Hbond substituents is 1. The fourth-order valence-corrected chi connectivity index (χ4v) is 2.41. The first-order chi connectivity index (χ1) is 7.77. The van der Waals surface area contributed by atoms with E-state index < -0.39 is 0 Å². The summed E-state index contributed by atoms with van der Waals surface area (Å²) < 4.78 is 0. The van der Waals surface area contributed by atoms with Crippen molar-refractivity contribution in [3.8, 4) is 5.75 Å². The lowest BCUT2D eigenvalue weighted by Gasteiger charge is -2.22. The van der Waals surface area contributed by atoms with Crippen LogP contribution in [0.15, 0.2) is 18.2 Å². The molecule has 0 bridgehead atoms. The molecule has 0 atom stereocenters. The zero-order valence-electron chi connectivity index (χ0n) is 9.95. The molecule has 0 radical (unpaired) electrons. The number of rotatable bonds is 1. The maximum absolute atomic E-state index is 9.84. The Bertz CT molecular complexity index is 320. The van der Waals surface area contributed by atoms with Gasteiger partial charge in [0.2, 0.25) is 0 Å². The Morgan fingerprint density at radius 2 is 1.75 bits per heavy atom. The second-order valence-electron chi connectivity index (χ2n) is 4.40. The van der Waals surface area contributed by atoms with Crippen LogP contribution in [-0.4, -0.2) is 5.11 Å². The Hall–Kier alpha value is -1.06. The van der Waals surface area contributed by atoms with Crippen LogP contribution in [0.3, 0.4) is 0 Å². The van der Waals surface area contributed by atoms with E-state index >= 15 is 0 Å². The van der Waals surface area contributed by atoms with E-state index in [1.54, 1.807) is 0 Å². The van der Waals surface area contributed by atoms with E-state index in [-0.39, 0.29) is 0 Å². The van der Waals surface area contributed by atoms with Gasteiger partial charge in [0.15, 0.2) is 0 Å². The molecule has 1 aliphatic carbocycles. The number of nitrogens with two attached hydrogens (primary N) is 2. The maximum Gasteiger partial charge on any atom is 0.119 e. The Balaban J connectivity index is 0.000000606. The Labute approximate surface area is 97.4 Å². The van der Waals surface area contributed by atoms with Crippen molar-refractivity contribution in [2.45, 2.75) is 44.9 Å². The molecular formula is C13H22N2O. The summed E-state index contributed by atoms with van der Waals surface area (Å²) in [6.07, 6.45) is 6.49. The Morgan fingerprint density at radius 1 is 1.12 bits per heavy atom. The van der Waals surface area contributed by atoms with Crippen molar-refractivity contribution in [1.29, 1.82) is 0 Å². The number of aryl methyl sites for hydroxylation is 1. The van der Waals surface area contributed by atoms with Gasteiger partial charge in [-0.1, -0.05) is 31.4 Å². The molecule has 1 fully saturated rings. The summed E-state index contributed by atoms with van der Waals surface area (Å²) in [4.78, 5) is 0. The Morgan fingerprint density at radius 3 is 2.31 bits per heavy atom. The lowest BCUT2D eigenvalue weighted by molar-refractivity contribution is 0.414. The third-order valence-corrected chi connectivity index (χ3v) is 3.23. The summed E-state index contributed by atoms with van der Waals surface area (Å²) in [5.74, 6) is 9.10. The van der Waals surface area contributed by atoms with Crippen LogP contribution in [0.25, 0.3) is 0 Å². The second kappa shape index (κ2) is 6.51. The largest absolute Gasteiger partial charge is 0.508 e. The van der Waals surface area contributed by atoms with E-state index in [0.29, 0.717) is 11.7 Å². The van der Waals surface area contributed by atoms with E-state index in [0.717, 1.165) is 11.1 Å². The van der Waals surface area contributed by atoms with Crippen molar-refractivity contribution in [3.63, 3.8) is 0 Å². The first-order valence-electron chi connectivity index (χ1n) is 5.90. The van der Waals surface area contributed by atoms with Crippen molar-refractivity contribution in [3.05, 3.63) is 29.3 Å². The topological polar surface area (TPSA) is 72.3 Å². The van der Waals surface area contributed by atoms with Crippen LogP contribution in [0.1, 0.15) is 49.1 Å². The summed E-state index contributed by atoms with van der Waals surface area (Å²) in [5.41, 5.74) is 2.30. The molecule has 0 amide bonds. The van der Waals surface area contributed by atoms with Crippen molar-refractivity contribution < 1.29 is 5.11 Å². The van der Waals surface area contributed by atoms with Crippen LogP contribution >= 0.6 is 0 Å². The highest BCUT2D eigenvalue weighted by molar-refractivity contribution is 5.38. The fourth-order valence-electron chi connectivity index (χ4n) is 2.41. The van der Waals surface area contributed by atoms with Crippen LogP contribution in [-0.2, 0) is 0 Å². The highest BCUT2D eigenvalue weighted by atomic mass is 16.3. The van der Waals surface area contributed by atoms with Crippen LogP contribution in [0.5, 0.6) is 5.75 Å². The minimum absolute atomic E-state index is 0.497. The normalized spacial score (nSPS) is 16.4. The van der Waals surface area contributed by atoms with Gasteiger partial charge in [0.25, 0.3) is 0 Å². The van der Waals surface area contributed by atoms with Gasteiger partial charge in [-0.2, -0.15) is 0 Å². The third-order valence-electron chi connectivity index (χ3n) is 3.23. The van der Waals surface area contributed by atoms with E-state index in [9.17, 15) is 5.11 Å². The van der Waals surface area contributed by atoms with Crippen molar-refractivity contribution in [2.75, 3.05) is 0 Å². The number of hydrazine groups is 1. The molecule has 5 N–H and O–H groups in total. The van der Waals surface area contributed by atoms with E-state index in [4.69, 9.17) is 0 Å². The summed E-state index contributed by atoms with van der Waals surface area (Å²) in [6.45, 7) is 2.02. The lowest BCUT2D eigenvalue weighted by atomic mass is 9.83. The number of aromatic hydroxyl groups is 1. The van der Waals surface area contributed by atoms with E-state index in [1.165, 1.54) is 32.1 Å². The van der Waals surface area contributed by atoms with Gasteiger partial charge in [0.05, 0.1) is 0 Å². The smallest absolute Gasteiger partial charge is 0.119 e. The van der Waals surface area contributed by atoms with Crippen LogP contribution in [0, 0.1) is 6.92 Å². The lowest BCUT2D eigenvalue weighted by Crippen LogP contribution is -2.04. The Kier molecular flexibility index (Phi) is 5.29. The molecule has 1 aromatic carbocycles. The minimum atomic E-state index is 0.497. The molecule has 16 heavy (non-hydrogen) atoms. The fraction of sp³-hybridized carbons (Fsp3) is 0.538. The van der Waals surface area contributed by atoms with Crippen molar-refractivity contribution in [1.82, 2.24) is 0 Å². The van der Waals surface area contributed by atoms with Gasteiger partial charge in [-0.15, -0.1) is 0 Å². The number of hydrogen-bond acceptors (Lipinski definition) is 3. The van der Waals surface area contributed by atoms with Crippen molar-refractivity contribution in [2.24, 2.45) is 11.7 Å². The van der Waals surface area contributed by atoms with Gasteiger partial charge >= 0.3 is 0 Å². The number of hydrogen-bond donors (Lipinski definition) is 3. The zero-order chi connectivity index (χ0) is 12.0. The van der Waals surface area contributed by atoms with Gasteiger partial charge in [-0.25, -0.2) is 0 Å². The molecule has 0 saturated heterocycles. The summed E-state index contributed by atoms with van der Waals surface area (Å²) in [5, 5.41) is 9.84. The molecule has 0 heterocycles. The zero-order valence-corrected chi connectivity index (χ0v) is 9.95. The molecule has 1 saturated carbocycles. The highest BCUT2D eigenvalue weighted by Crippen LogP contribution is 2.37. The van der Waals surface area contributed by atoms with Gasteiger partial charge in [-0.05, 0) is 42.9 Å². The quantitative estimate of drug-likeness (QED) is 0.505. The highest BCUT2D eigenvalue weighted by Gasteiger charge is 2.17. The first kappa shape index (κ1) is 13.0. The van der Waals surface area contributed by atoms with Gasteiger partial charge in [0, 0.05) is 0 Å². The summed E-state index contributed by atoms with van der Waals surface area (Å²) >= 11 is 0. The van der Waals surface area contributed by atoms with Crippen LogP contribution in [0.4, 0.5) is 0 Å². The molecule has 90 valence electrons. The summed E-state index contributed by atoms with van der Waals surface area (Å²) in [7, 11) is 0. The molecule has 3 heteroatoms. The maximum atomic E-state index is 9.84. The molecular weight excluding hydrogens is 200 g/mol. The standard InChI is InChI=1S/C13H18O.H4N2/c1-10-7-8-12(13(14)9-10)11-5-3-2-4-6-11;1-2/h7-9,11,14H,2-6H2,1H3;1-2H2. The predicted octanol–water partition coefficient (Wildman–Crippen LogP) is 2.57. The second-order valence-corrected chi connectivity index (χ2v) is 4.40. The van der Waals surface area contributed by atoms with Gasteiger partial charge in [0.1, 0.15) is 5.75 Å². The predicted molar refractivity (Wildman–Crippen MR) is 67.0 cm³/mol. The van der Waals surface area contributed by atoms with Gasteiger partial charge in [-0.3, -0.25) is 11.7 Å². The average molecular weight is 222 g/mol. The molecule has 1 aliphatic rings. The molecule has 0 aliphatic heterocycles. The molecule has 0 spiro atoms.